The predicted molar refractivity (Wildman–Crippen MR) is 107 cm³/mol. The Bertz CT molecular complexity index is 905. The number of carbonyl (C=O) groups excluding carboxylic acids is 1. The monoisotopic (exact) mass is 387 g/mol. The number of nitro groups is 1. The van der Waals surface area contributed by atoms with Crippen molar-refractivity contribution in [3.8, 4) is 0 Å². The van der Waals surface area contributed by atoms with E-state index in [1.165, 1.54) is 17.8 Å². The number of rotatable bonds is 6. The second-order valence-electron chi connectivity index (χ2n) is 5.78. The first-order valence-electron chi connectivity index (χ1n) is 8.14. The highest BCUT2D eigenvalue weighted by atomic mass is 32.2. The van der Waals surface area contributed by atoms with Crippen molar-refractivity contribution >= 4 is 46.0 Å². The molecule has 0 N–H and O–H groups in total. The van der Waals surface area contributed by atoms with Gasteiger partial charge in [0, 0.05) is 30.1 Å². The molecule has 1 fully saturated rings. The van der Waals surface area contributed by atoms with Crippen LogP contribution in [-0.4, -0.2) is 31.2 Å². The molecule has 1 aromatic heterocycles. The van der Waals surface area contributed by atoms with Gasteiger partial charge in [-0.25, -0.2) is 0 Å². The molecule has 0 radical (unpaired) electrons. The van der Waals surface area contributed by atoms with Crippen LogP contribution in [0.4, 0.5) is 5.69 Å². The molecule has 134 valence electrons. The third-order valence-corrected chi connectivity index (χ3v) is 5.37. The maximum absolute atomic E-state index is 12.5. The fourth-order valence-electron chi connectivity index (χ4n) is 2.76. The maximum Gasteiger partial charge on any atom is 0.274 e. The summed E-state index contributed by atoms with van der Waals surface area (Å²) < 4.78 is 2.45. The Balaban J connectivity index is 1.88. The summed E-state index contributed by atoms with van der Waals surface area (Å²) in [5, 5.41) is 11.2. The van der Waals surface area contributed by atoms with Gasteiger partial charge in [0.2, 0.25) is 0 Å². The van der Waals surface area contributed by atoms with E-state index in [-0.39, 0.29) is 16.5 Å². The molecule has 0 spiro atoms. The standard InChI is InChI=1S/C18H17N3O3S2/c1-2-9-20-17(22)16(26-18(20)25)11-14-7-5-10-19(14)12-13-6-3-4-8-15(13)21(23)24/h3-8,10-11H,2,9,12H2,1H3/b16-11-. The summed E-state index contributed by atoms with van der Waals surface area (Å²) >= 11 is 6.58. The van der Waals surface area contributed by atoms with Crippen molar-refractivity contribution in [3.63, 3.8) is 0 Å². The second-order valence-corrected chi connectivity index (χ2v) is 7.46. The molecule has 1 aromatic carbocycles. The Morgan fingerprint density at radius 1 is 1.27 bits per heavy atom. The van der Waals surface area contributed by atoms with Crippen molar-refractivity contribution in [2.24, 2.45) is 0 Å². The van der Waals surface area contributed by atoms with Crippen LogP contribution in [0.25, 0.3) is 6.08 Å². The van der Waals surface area contributed by atoms with Crippen LogP contribution in [0.5, 0.6) is 0 Å². The first kappa shape index (κ1) is 18.3. The number of thiocarbonyl (C=S) groups is 1. The normalized spacial score (nSPS) is 15.9. The number of hydrogen-bond donors (Lipinski definition) is 0. The van der Waals surface area contributed by atoms with Gasteiger partial charge in [0.1, 0.15) is 4.32 Å². The third kappa shape index (κ3) is 3.71. The number of amides is 1. The van der Waals surface area contributed by atoms with Crippen LogP contribution < -0.4 is 0 Å². The van der Waals surface area contributed by atoms with Crippen molar-refractivity contribution in [2.75, 3.05) is 6.54 Å². The van der Waals surface area contributed by atoms with E-state index in [2.05, 4.69) is 0 Å². The molecule has 8 heteroatoms. The van der Waals surface area contributed by atoms with E-state index < -0.39 is 0 Å². The van der Waals surface area contributed by atoms with Crippen LogP contribution in [0.3, 0.4) is 0 Å². The predicted octanol–water partition coefficient (Wildman–Crippen LogP) is 4.06. The molecular weight excluding hydrogens is 370 g/mol. The Kier molecular flexibility index (Phi) is 5.53. The second kappa shape index (κ2) is 7.84. The molecule has 0 atom stereocenters. The van der Waals surface area contributed by atoms with Crippen LogP contribution in [-0.2, 0) is 11.3 Å². The SMILES string of the molecule is CCCN1C(=O)/C(=C/c2cccn2Cc2ccccc2[N+](=O)[O-])SC1=S. The van der Waals surface area contributed by atoms with E-state index in [0.29, 0.717) is 27.9 Å². The van der Waals surface area contributed by atoms with Crippen molar-refractivity contribution < 1.29 is 9.72 Å². The van der Waals surface area contributed by atoms with E-state index in [1.807, 2.05) is 29.8 Å². The van der Waals surface area contributed by atoms with Gasteiger partial charge in [-0.2, -0.15) is 0 Å². The van der Waals surface area contributed by atoms with Crippen molar-refractivity contribution in [1.29, 1.82) is 0 Å². The largest absolute Gasteiger partial charge is 0.343 e. The molecule has 0 bridgehead atoms. The van der Waals surface area contributed by atoms with Crippen LogP contribution in [0.15, 0.2) is 47.5 Å². The number of nitro benzene ring substituents is 1. The molecule has 0 unspecified atom stereocenters. The smallest absolute Gasteiger partial charge is 0.274 e. The van der Waals surface area contributed by atoms with E-state index in [1.54, 1.807) is 29.2 Å². The molecular formula is C18H17N3O3S2. The summed E-state index contributed by atoms with van der Waals surface area (Å²) in [5.74, 6) is -0.0831. The number of aromatic nitrogens is 1. The zero-order chi connectivity index (χ0) is 18.7. The lowest BCUT2D eigenvalue weighted by atomic mass is 10.2. The lowest BCUT2D eigenvalue weighted by molar-refractivity contribution is -0.385. The number of thioether (sulfide) groups is 1. The fourth-order valence-corrected chi connectivity index (χ4v) is 4.05. The summed E-state index contributed by atoms with van der Waals surface area (Å²) in [6.45, 7) is 2.96. The molecule has 6 nitrogen and oxygen atoms in total. The van der Waals surface area contributed by atoms with Crippen LogP contribution in [0, 0.1) is 10.1 Å². The third-order valence-electron chi connectivity index (χ3n) is 3.99. The number of hydrogen-bond acceptors (Lipinski definition) is 5. The number of carbonyl (C=O) groups is 1. The summed E-state index contributed by atoms with van der Waals surface area (Å²) in [7, 11) is 0. The molecule has 2 aromatic rings. The van der Waals surface area contributed by atoms with Gasteiger partial charge < -0.3 is 4.57 Å². The number of para-hydroxylation sites is 1. The highest BCUT2D eigenvalue weighted by Gasteiger charge is 2.31. The lowest BCUT2D eigenvalue weighted by Gasteiger charge is -2.12. The van der Waals surface area contributed by atoms with Crippen molar-refractivity contribution in [1.82, 2.24) is 9.47 Å². The lowest BCUT2D eigenvalue weighted by Crippen LogP contribution is -2.28. The Hall–Kier alpha value is -2.45. The molecule has 1 amide bonds. The van der Waals surface area contributed by atoms with Gasteiger partial charge in [-0.15, -0.1) is 0 Å². The Labute approximate surface area is 160 Å². The fraction of sp³-hybridized carbons (Fsp3) is 0.222. The molecule has 2 heterocycles. The van der Waals surface area contributed by atoms with Gasteiger partial charge in [-0.3, -0.25) is 19.8 Å². The number of nitrogens with zero attached hydrogens (tertiary/aromatic N) is 3. The van der Waals surface area contributed by atoms with E-state index >= 15 is 0 Å². The highest BCUT2D eigenvalue weighted by Crippen LogP contribution is 2.32. The Morgan fingerprint density at radius 3 is 2.77 bits per heavy atom. The minimum Gasteiger partial charge on any atom is -0.343 e. The molecule has 26 heavy (non-hydrogen) atoms. The minimum atomic E-state index is -0.381. The summed E-state index contributed by atoms with van der Waals surface area (Å²) in [6, 6.07) is 10.4. The average molecular weight is 387 g/mol. The van der Waals surface area contributed by atoms with Crippen molar-refractivity contribution in [3.05, 3.63) is 68.9 Å². The van der Waals surface area contributed by atoms with Gasteiger partial charge >= 0.3 is 0 Å². The van der Waals surface area contributed by atoms with E-state index in [4.69, 9.17) is 12.2 Å². The molecule has 1 aliphatic rings. The van der Waals surface area contributed by atoms with E-state index in [9.17, 15) is 14.9 Å². The summed E-state index contributed by atoms with van der Waals surface area (Å²) in [4.78, 5) is 25.5. The number of benzene rings is 1. The quantitative estimate of drug-likeness (QED) is 0.324. The first-order valence-corrected chi connectivity index (χ1v) is 9.36. The van der Waals surface area contributed by atoms with Gasteiger partial charge in [-0.1, -0.05) is 49.1 Å². The van der Waals surface area contributed by atoms with Crippen LogP contribution in [0.1, 0.15) is 24.6 Å². The average Bonchev–Trinajstić information content (AvgIpc) is 3.15. The first-order chi connectivity index (χ1) is 12.5. The van der Waals surface area contributed by atoms with Crippen molar-refractivity contribution in [2.45, 2.75) is 19.9 Å². The molecule has 0 aliphatic carbocycles. The highest BCUT2D eigenvalue weighted by molar-refractivity contribution is 8.26. The van der Waals surface area contributed by atoms with Gasteiger partial charge in [0.15, 0.2) is 0 Å². The van der Waals surface area contributed by atoms with Gasteiger partial charge in [0.25, 0.3) is 11.6 Å². The van der Waals surface area contributed by atoms with Gasteiger partial charge in [-0.05, 0) is 24.6 Å². The summed E-state index contributed by atoms with van der Waals surface area (Å²) in [6.07, 6.45) is 4.48. The molecule has 3 rings (SSSR count). The molecule has 1 aliphatic heterocycles. The van der Waals surface area contributed by atoms with Crippen LogP contribution >= 0.6 is 24.0 Å². The zero-order valence-electron chi connectivity index (χ0n) is 14.1. The zero-order valence-corrected chi connectivity index (χ0v) is 15.8. The summed E-state index contributed by atoms with van der Waals surface area (Å²) in [5.41, 5.74) is 1.50. The molecule has 1 saturated heterocycles. The topological polar surface area (TPSA) is 68.4 Å². The minimum absolute atomic E-state index is 0.0831. The Morgan fingerprint density at radius 2 is 2.04 bits per heavy atom. The maximum atomic E-state index is 12.5. The van der Waals surface area contributed by atoms with Gasteiger partial charge in [0.05, 0.1) is 16.4 Å². The molecule has 0 saturated carbocycles. The van der Waals surface area contributed by atoms with E-state index in [0.717, 1.165) is 12.1 Å². The van der Waals surface area contributed by atoms with Crippen LogP contribution in [0.2, 0.25) is 0 Å².